The second-order valence-corrected chi connectivity index (χ2v) is 5.78. The molecule has 0 spiro atoms. The lowest BCUT2D eigenvalue weighted by Gasteiger charge is -2.34. The van der Waals surface area contributed by atoms with Gasteiger partial charge in [-0.15, -0.1) is 0 Å². The van der Waals surface area contributed by atoms with Crippen molar-refractivity contribution >= 4 is 16.7 Å². The number of ether oxygens (including phenoxy) is 1. The van der Waals surface area contributed by atoms with E-state index in [1.54, 1.807) is 0 Å². The molecule has 1 aliphatic heterocycles. The first-order valence-corrected chi connectivity index (χ1v) is 7.38. The Morgan fingerprint density at radius 1 is 1.38 bits per heavy atom. The Labute approximate surface area is 124 Å². The zero-order valence-electron chi connectivity index (χ0n) is 12.3. The van der Waals surface area contributed by atoms with Crippen LogP contribution in [0.4, 0.5) is 0 Å². The lowest BCUT2D eigenvalue weighted by molar-refractivity contribution is -0.132. The molecule has 2 aromatic rings. The number of aromatic nitrogens is 2. The SMILES string of the molecule is Cn1nc(CC(=O)C2(CN)CCOCC2)c2ccccc21. The average molecular weight is 287 g/mol. The van der Waals surface area contributed by atoms with Gasteiger partial charge in [0, 0.05) is 37.6 Å². The molecule has 0 amide bonds. The second kappa shape index (κ2) is 5.58. The number of benzene rings is 1. The van der Waals surface area contributed by atoms with Crippen LogP contribution in [0.15, 0.2) is 24.3 Å². The lowest BCUT2D eigenvalue weighted by Crippen LogP contribution is -2.44. The molecule has 112 valence electrons. The zero-order valence-corrected chi connectivity index (χ0v) is 12.3. The molecule has 1 aliphatic rings. The number of fused-ring (bicyclic) bond motifs is 1. The van der Waals surface area contributed by atoms with Gasteiger partial charge in [-0.05, 0) is 18.9 Å². The Kier molecular flexibility index (Phi) is 3.78. The summed E-state index contributed by atoms with van der Waals surface area (Å²) in [4.78, 5) is 12.8. The molecule has 0 radical (unpaired) electrons. The molecular formula is C16H21N3O2. The van der Waals surface area contributed by atoms with Crippen LogP contribution in [0.2, 0.25) is 0 Å². The Morgan fingerprint density at radius 2 is 2.10 bits per heavy atom. The van der Waals surface area contributed by atoms with Crippen molar-refractivity contribution in [1.29, 1.82) is 0 Å². The maximum absolute atomic E-state index is 12.8. The summed E-state index contributed by atoms with van der Waals surface area (Å²) in [5, 5.41) is 5.56. The highest BCUT2D eigenvalue weighted by atomic mass is 16.5. The average Bonchev–Trinajstić information content (AvgIpc) is 2.85. The first kappa shape index (κ1) is 14.2. The molecule has 2 N–H and O–H groups in total. The van der Waals surface area contributed by atoms with Crippen molar-refractivity contribution in [2.75, 3.05) is 19.8 Å². The predicted octanol–water partition coefficient (Wildman–Crippen LogP) is 1.44. The molecule has 2 heterocycles. The largest absolute Gasteiger partial charge is 0.381 e. The summed E-state index contributed by atoms with van der Waals surface area (Å²) in [6, 6.07) is 7.99. The third kappa shape index (κ3) is 2.47. The maximum atomic E-state index is 12.8. The van der Waals surface area contributed by atoms with Crippen LogP contribution in [0.1, 0.15) is 18.5 Å². The molecule has 1 aromatic carbocycles. The van der Waals surface area contributed by atoms with Gasteiger partial charge in [0.05, 0.1) is 17.6 Å². The molecule has 0 unspecified atom stereocenters. The monoisotopic (exact) mass is 287 g/mol. The van der Waals surface area contributed by atoms with Crippen molar-refractivity contribution in [2.45, 2.75) is 19.3 Å². The number of ketones is 1. The molecular weight excluding hydrogens is 266 g/mol. The van der Waals surface area contributed by atoms with Crippen LogP contribution >= 0.6 is 0 Å². The summed E-state index contributed by atoms with van der Waals surface area (Å²) < 4.78 is 7.20. The molecule has 1 aromatic heterocycles. The molecule has 1 fully saturated rings. The van der Waals surface area contributed by atoms with Crippen molar-refractivity contribution in [3.05, 3.63) is 30.0 Å². The molecule has 21 heavy (non-hydrogen) atoms. The van der Waals surface area contributed by atoms with E-state index in [4.69, 9.17) is 10.5 Å². The van der Waals surface area contributed by atoms with Crippen LogP contribution in [0, 0.1) is 5.41 Å². The number of para-hydroxylation sites is 1. The van der Waals surface area contributed by atoms with Crippen molar-refractivity contribution in [2.24, 2.45) is 18.2 Å². The van der Waals surface area contributed by atoms with Gasteiger partial charge in [0.2, 0.25) is 0 Å². The van der Waals surface area contributed by atoms with E-state index >= 15 is 0 Å². The molecule has 3 rings (SSSR count). The van der Waals surface area contributed by atoms with E-state index in [1.807, 2.05) is 36.0 Å². The van der Waals surface area contributed by atoms with Gasteiger partial charge in [0.1, 0.15) is 5.78 Å². The number of hydrogen-bond acceptors (Lipinski definition) is 4. The Bertz CT molecular complexity index is 657. The van der Waals surface area contributed by atoms with Gasteiger partial charge in [-0.25, -0.2) is 0 Å². The lowest BCUT2D eigenvalue weighted by atomic mass is 9.75. The molecule has 0 atom stereocenters. The summed E-state index contributed by atoms with van der Waals surface area (Å²) in [6.45, 7) is 1.62. The number of rotatable bonds is 4. The minimum Gasteiger partial charge on any atom is -0.381 e. The van der Waals surface area contributed by atoms with Crippen LogP contribution in [-0.4, -0.2) is 35.3 Å². The Morgan fingerprint density at radius 3 is 2.81 bits per heavy atom. The minimum atomic E-state index is -0.434. The van der Waals surface area contributed by atoms with Crippen molar-refractivity contribution in [1.82, 2.24) is 9.78 Å². The summed E-state index contributed by atoms with van der Waals surface area (Å²) in [5.41, 5.74) is 7.37. The fourth-order valence-electron chi connectivity index (χ4n) is 3.12. The smallest absolute Gasteiger partial charge is 0.146 e. The van der Waals surface area contributed by atoms with Gasteiger partial charge in [-0.3, -0.25) is 9.48 Å². The predicted molar refractivity (Wildman–Crippen MR) is 81.0 cm³/mol. The molecule has 5 nitrogen and oxygen atoms in total. The molecule has 5 heteroatoms. The summed E-state index contributed by atoms with van der Waals surface area (Å²) in [6.07, 6.45) is 1.78. The highest BCUT2D eigenvalue weighted by molar-refractivity contribution is 5.91. The second-order valence-electron chi connectivity index (χ2n) is 5.78. The Balaban J connectivity index is 1.89. The quantitative estimate of drug-likeness (QED) is 0.923. The third-order valence-electron chi connectivity index (χ3n) is 4.59. The molecule has 0 bridgehead atoms. The molecule has 1 saturated heterocycles. The van der Waals surface area contributed by atoms with Gasteiger partial charge in [-0.2, -0.15) is 5.10 Å². The van der Waals surface area contributed by atoms with Crippen LogP contribution < -0.4 is 5.73 Å². The van der Waals surface area contributed by atoms with Gasteiger partial charge in [-0.1, -0.05) is 18.2 Å². The highest BCUT2D eigenvalue weighted by Gasteiger charge is 2.38. The van der Waals surface area contributed by atoms with Gasteiger partial charge in [0.25, 0.3) is 0 Å². The maximum Gasteiger partial charge on any atom is 0.146 e. The summed E-state index contributed by atoms with van der Waals surface area (Å²) in [5.74, 6) is 0.192. The van der Waals surface area contributed by atoms with E-state index in [0.717, 1.165) is 16.6 Å². The zero-order chi connectivity index (χ0) is 14.9. The third-order valence-corrected chi connectivity index (χ3v) is 4.59. The highest BCUT2D eigenvalue weighted by Crippen LogP contribution is 2.32. The number of nitrogens with two attached hydrogens (primary N) is 1. The van der Waals surface area contributed by atoms with Gasteiger partial charge >= 0.3 is 0 Å². The van der Waals surface area contributed by atoms with Gasteiger partial charge in [0.15, 0.2) is 0 Å². The van der Waals surface area contributed by atoms with Crippen LogP contribution in [0.25, 0.3) is 10.9 Å². The number of hydrogen-bond donors (Lipinski definition) is 1. The van der Waals surface area contributed by atoms with Crippen molar-refractivity contribution in [3.8, 4) is 0 Å². The van der Waals surface area contributed by atoms with Crippen LogP contribution in [0.3, 0.4) is 0 Å². The summed E-state index contributed by atoms with van der Waals surface area (Å²) in [7, 11) is 1.91. The van der Waals surface area contributed by atoms with E-state index in [9.17, 15) is 4.79 Å². The normalized spacial score (nSPS) is 18.0. The minimum absolute atomic E-state index is 0.192. The van der Waals surface area contributed by atoms with E-state index in [-0.39, 0.29) is 5.78 Å². The van der Waals surface area contributed by atoms with E-state index in [1.165, 1.54) is 0 Å². The number of carbonyl (C=O) groups excluding carboxylic acids is 1. The number of carbonyl (C=O) groups is 1. The van der Waals surface area contributed by atoms with Crippen LogP contribution in [-0.2, 0) is 23.0 Å². The fraction of sp³-hybridized carbons (Fsp3) is 0.500. The first-order chi connectivity index (χ1) is 10.2. The van der Waals surface area contributed by atoms with Crippen molar-refractivity contribution < 1.29 is 9.53 Å². The van der Waals surface area contributed by atoms with E-state index in [2.05, 4.69) is 5.10 Å². The number of aryl methyl sites for hydroxylation is 1. The van der Waals surface area contributed by atoms with E-state index in [0.29, 0.717) is 39.0 Å². The standard InChI is InChI=1S/C16H21N3O2/c1-19-14-5-3-2-4-12(14)13(18-19)10-15(20)16(11-17)6-8-21-9-7-16/h2-5H,6-11,17H2,1H3. The Hall–Kier alpha value is -1.72. The van der Waals surface area contributed by atoms with E-state index < -0.39 is 5.41 Å². The topological polar surface area (TPSA) is 70.1 Å². The van der Waals surface area contributed by atoms with Gasteiger partial charge < -0.3 is 10.5 Å². The number of Topliss-reactive ketones (excluding diaryl/α,β-unsaturated/α-hetero) is 1. The first-order valence-electron chi connectivity index (χ1n) is 7.38. The van der Waals surface area contributed by atoms with Crippen LogP contribution in [0.5, 0.6) is 0 Å². The molecule has 0 aliphatic carbocycles. The summed E-state index contributed by atoms with van der Waals surface area (Å²) >= 11 is 0. The fourth-order valence-corrected chi connectivity index (χ4v) is 3.12. The number of nitrogens with zero attached hydrogens (tertiary/aromatic N) is 2. The van der Waals surface area contributed by atoms with Crippen molar-refractivity contribution in [3.63, 3.8) is 0 Å². The molecule has 0 saturated carbocycles.